The van der Waals surface area contributed by atoms with Crippen LogP contribution in [0.1, 0.15) is 24.8 Å². The van der Waals surface area contributed by atoms with Crippen molar-refractivity contribution in [3.63, 3.8) is 0 Å². The Balaban J connectivity index is 2.41. The van der Waals surface area contributed by atoms with Crippen molar-refractivity contribution in [2.45, 2.75) is 24.6 Å². The highest BCUT2D eigenvalue weighted by Gasteiger charge is 2.16. The molecule has 0 spiro atoms. The molecule has 1 atom stereocenters. The molecule has 86 valence electrons. The van der Waals surface area contributed by atoms with E-state index in [1.807, 2.05) is 6.08 Å². The van der Waals surface area contributed by atoms with E-state index < -0.39 is 0 Å². The minimum atomic E-state index is -0.242. The zero-order valence-electron chi connectivity index (χ0n) is 9.17. The molecule has 1 aromatic rings. The third-order valence-corrected chi connectivity index (χ3v) is 3.16. The zero-order valence-corrected chi connectivity index (χ0v) is 9.93. The summed E-state index contributed by atoms with van der Waals surface area (Å²) in [4.78, 5) is 0. The Kier molecular flexibility index (Phi) is 3.49. The molecule has 0 aromatic heterocycles. The van der Waals surface area contributed by atoms with E-state index >= 15 is 0 Å². The molecule has 1 unspecified atom stereocenters. The predicted octanol–water partition coefficient (Wildman–Crippen LogP) is 4.01. The van der Waals surface area contributed by atoms with Crippen LogP contribution in [0.5, 0.6) is 5.75 Å². The van der Waals surface area contributed by atoms with E-state index in [0.29, 0.717) is 5.75 Å². The summed E-state index contributed by atoms with van der Waals surface area (Å²) in [6.45, 7) is 0. The molecule has 16 heavy (non-hydrogen) atoms. The minimum absolute atomic E-state index is 0.0525. The van der Waals surface area contributed by atoms with Crippen molar-refractivity contribution < 1.29 is 9.13 Å². The van der Waals surface area contributed by atoms with Crippen molar-refractivity contribution in [3.05, 3.63) is 35.7 Å². The zero-order chi connectivity index (χ0) is 11.5. The van der Waals surface area contributed by atoms with E-state index in [9.17, 15) is 4.39 Å². The monoisotopic (exact) mass is 240 g/mol. The van der Waals surface area contributed by atoms with Crippen LogP contribution in [0.15, 0.2) is 24.3 Å². The number of halogens is 2. The molecule has 0 saturated heterocycles. The van der Waals surface area contributed by atoms with Crippen LogP contribution in [0.2, 0.25) is 0 Å². The summed E-state index contributed by atoms with van der Waals surface area (Å²) >= 11 is 6.09. The molecule has 0 aliphatic heterocycles. The Morgan fingerprint density at radius 2 is 2.25 bits per heavy atom. The molecule has 0 N–H and O–H groups in total. The van der Waals surface area contributed by atoms with E-state index in [-0.39, 0.29) is 11.2 Å². The van der Waals surface area contributed by atoms with E-state index in [4.69, 9.17) is 16.3 Å². The van der Waals surface area contributed by atoms with Gasteiger partial charge < -0.3 is 4.74 Å². The second kappa shape index (κ2) is 4.88. The molecule has 0 saturated carbocycles. The Morgan fingerprint density at radius 3 is 2.94 bits per heavy atom. The molecule has 3 heteroatoms. The molecule has 1 aromatic carbocycles. The summed E-state index contributed by atoms with van der Waals surface area (Å²) in [6, 6.07) is 4.58. The molecular formula is C13H14ClFO. The van der Waals surface area contributed by atoms with Crippen LogP contribution in [0.25, 0.3) is 5.57 Å². The number of rotatable bonds is 2. The summed E-state index contributed by atoms with van der Waals surface area (Å²) in [5.41, 5.74) is 1.91. The van der Waals surface area contributed by atoms with Gasteiger partial charge in [-0.25, -0.2) is 4.39 Å². The topological polar surface area (TPSA) is 9.23 Å². The van der Waals surface area contributed by atoms with Gasteiger partial charge in [0.15, 0.2) is 0 Å². The van der Waals surface area contributed by atoms with Gasteiger partial charge in [-0.05, 0) is 43.0 Å². The molecule has 0 heterocycles. The lowest BCUT2D eigenvalue weighted by atomic mass is 9.93. The maximum atomic E-state index is 13.2. The normalized spacial score (nSPS) is 20.4. The van der Waals surface area contributed by atoms with Gasteiger partial charge >= 0.3 is 0 Å². The molecule has 0 amide bonds. The fourth-order valence-corrected chi connectivity index (χ4v) is 2.33. The average Bonchev–Trinajstić information content (AvgIpc) is 2.29. The third-order valence-electron chi connectivity index (χ3n) is 2.82. The highest BCUT2D eigenvalue weighted by Crippen LogP contribution is 2.34. The molecule has 2 rings (SSSR count). The molecule has 0 bridgehead atoms. The second-order valence-electron chi connectivity index (χ2n) is 3.94. The van der Waals surface area contributed by atoms with Gasteiger partial charge in [-0.3, -0.25) is 0 Å². The first-order valence-electron chi connectivity index (χ1n) is 5.39. The first kappa shape index (κ1) is 11.5. The Hall–Kier alpha value is -1.02. The van der Waals surface area contributed by atoms with Crippen LogP contribution in [-0.4, -0.2) is 12.5 Å². The molecule has 0 fully saturated rings. The van der Waals surface area contributed by atoms with Crippen LogP contribution < -0.4 is 4.74 Å². The van der Waals surface area contributed by atoms with Gasteiger partial charge in [-0.15, -0.1) is 11.6 Å². The number of ether oxygens (including phenoxy) is 1. The van der Waals surface area contributed by atoms with Gasteiger partial charge in [0.25, 0.3) is 0 Å². The van der Waals surface area contributed by atoms with Crippen molar-refractivity contribution in [2.75, 3.05) is 7.11 Å². The fourth-order valence-electron chi connectivity index (χ4n) is 2.03. The van der Waals surface area contributed by atoms with Gasteiger partial charge in [-0.1, -0.05) is 6.08 Å². The van der Waals surface area contributed by atoms with Crippen molar-refractivity contribution in [2.24, 2.45) is 0 Å². The number of benzene rings is 1. The first-order chi connectivity index (χ1) is 7.70. The summed E-state index contributed by atoms with van der Waals surface area (Å²) < 4.78 is 18.5. The predicted molar refractivity (Wildman–Crippen MR) is 64.4 cm³/mol. The lowest BCUT2D eigenvalue weighted by Gasteiger charge is -2.18. The number of allylic oxidation sites excluding steroid dienone is 2. The van der Waals surface area contributed by atoms with Crippen molar-refractivity contribution in [3.8, 4) is 5.75 Å². The van der Waals surface area contributed by atoms with Crippen molar-refractivity contribution in [1.29, 1.82) is 0 Å². The van der Waals surface area contributed by atoms with Gasteiger partial charge in [0.05, 0.1) is 12.5 Å². The van der Waals surface area contributed by atoms with Crippen LogP contribution >= 0.6 is 11.6 Å². The standard InChI is InChI=1S/C13H14ClFO/c1-16-13-6-5-11(15)8-12(13)9-3-2-4-10(14)7-9/h5-8,10H,2-4H2,1H3. The Bertz CT molecular complexity index is 414. The maximum absolute atomic E-state index is 13.2. The van der Waals surface area contributed by atoms with E-state index in [1.54, 1.807) is 13.2 Å². The maximum Gasteiger partial charge on any atom is 0.126 e. The summed E-state index contributed by atoms with van der Waals surface area (Å²) in [7, 11) is 1.60. The highest BCUT2D eigenvalue weighted by molar-refractivity contribution is 6.22. The number of methoxy groups -OCH3 is 1. The van der Waals surface area contributed by atoms with E-state index in [2.05, 4.69) is 0 Å². The molecule has 1 aliphatic carbocycles. The van der Waals surface area contributed by atoms with E-state index in [1.165, 1.54) is 12.1 Å². The largest absolute Gasteiger partial charge is 0.496 e. The molecule has 1 aliphatic rings. The number of hydrogen-bond donors (Lipinski definition) is 0. The second-order valence-corrected chi connectivity index (χ2v) is 4.51. The molecule has 0 radical (unpaired) electrons. The number of alkyl halides is 1. The molecule has 1 nitrogen and oxygen atoms in total. The highest BCUT2D eigenvalue weighted by atomic mass is 35.5. The van der Waals surface area contributed by atoms with Gasteiger partial charge in [0.2, 0.25) is 0 Å². The van der Waals surface area contributed by atoms with Crippen LogP contribution in [-0.2, 0) is 0 Å². The summed E-state index contributed by atoms with van der Waals surface area (Å²) in [5, 5.41) is 0.0525. The van der Waals surface area contributed by atoms with Crippen LogP contribution in [0, 0.1) is 5.82 Å². The third kappa shape index (κ3) is 2.38. The molecular weight excluding hydrogens is 227 g/mol. The summed E-state index contributed by atoms with van der Waals surface area (Å²) in [5.74, 6) is 0.465. The lowest BCUT2D eigenvalue weighted by Crippen LogP contribution is -2.04. The smallest absolute Gasteiger partial charge is 0.126 e. The quantitative estimate of drug-likeness (QED) is 0.710. The van der Waals surface area contributed by atoms with Crippen molar-refractivity contribution in [1.82, 2.24) is 0 Å². The van der Waals surface area contributed by atoms with Crippen LogP contribution in [0.3, 0.4) is 0 Å². The van der Waals surface area contributed by atoms with Gasteiger partial charge in [0.1, 0.15) is 11.6 Å². The minimum Gasteiger partial charge on any atom is -0.496 e. The van der Waals surface area contributed by atoms with Gasteiger partial charge in [-0.2, -0.15) is 0 Å². The van der Waals surface area contributed by atoms with Crippen LogP contribution in [0.4, 0.5) is 4.39 Å². The average molecular weight is 241 g/mol. The summed E-state index contributed by atoms with van der Waals surface area (Å²) in [6.07, 6.45) is 4.97. The number of hydrogen-bond acceptors (Lipinski definition) is 1. The SMILES string of the molecule is COc1ccc(F)cc1C1=CC(Cl)CCC1. The lowest BCUT2D eigenvalue weighted by molar-refractivity contribution is 0.412. The Morgan fingerprint density at radius 1 is 1.44 bits per heavy atom. The fraction of sp³-hybridized carbons (Fsp3) is 0.385. The van der Waals surface area contributed by atoms with Gasteiger partial charge in [0, 0.05) is 5.56 Å². The Labute approximate surface area is 99.9 Å². The first-order valence-corrected chi connectivity index (χ1v) is 5.83. The van der Waals surface area contributed by atoms with E-state index in [0.717, 1.165) is 30.4 Å². The van der Waals surface area contributed by atoms with Crippen molar-refractivity contribution >= 4 is 17.2 Å².